The first-order valence-electron chi connectivity index (χ1n) is 4.94. The second-order valence-corrected chi connectivity index (χ2v) is 3.74. The molecule has 0 aliphatic heterocycles. The minimum atomic E-state index is 0.659. The first kappa shape index (κ1) is 10.3. The normalized spacial score (nSPS) is 11.1. The zero-order valence-electron chi connectivity index (χ0n) is 8.75. The first-order chi connectivity index (χ1) is 6.22. The van der Waals surface area contributed by atoms with Gasteiger partial charge in [-0.15, -0.1) is 0 Å². The van der Waals surface area contributed by atoms with Gasteiger partial charge in [-0.3, -0.25) is 4.68 Å². The molecular formula is C10H19N3. The second kappa shape index (κ2) is 5.02. The molecule has 0 amide bonds. The Morgan fingerprint density at radius 3 is 2.92 bits per heavy atom. The number of nitrogens with zero attached hydrogens (tertiary/aromatic N) is 2. The molecule has 1 N–H and O–H groups in total. The van der Waals surface area contributed by atoms with Crippen molar-refractivity contribution in [2.45, 2.75) is 33.9 Å². The Morgan fingerprint density at radius 1 is 1.54 bits per heavy atom. The van der Waals surface area contributed by atoms with Crippen LogP contribution in [-0.4, -0.2) is 16.3 Å². The van der Waals surface area contributed by atoms with E-state index in [4.69, 9.17) is 0 Å². The Morgan fingerprint density at radius 2 is 2.31 bits per heavy atom. The Balaban J connectivity index is 2.44. The van der Waals surface area contributed by atoms with Crippen molar-refractivity contribution in [2.24, 2.45) is 5.92 Å². The van der Waals surface area contributed by atoms with Gasteiger partial charge in [-0.05, 0) is 12.5 Å². The maximum atomic E-state index is 4.29. The van der Waals surface area contributed by atoms with Gasteiger partial charge in [-0.2, -0.15) is 5.10 Å². The largest absolute Gasteiger partial charge is 0.313 e. The van der Waals surface area contributed by atoms with Crippen LogP contribution in [0.4, 0.5) is 0 Å². The molecule has 0 saturated heterocycles. The fourth-order valence-corrected chi connectivity index (χ4v) is 1.24. The topological polar surface area (TPSA) is 29.9 Å². The lowest BCUT2D eigenvalue weighted by Gasteiger charge is -2.03. The predicted molar refractivity (Wildman–Crippen MR) is 54.4 cm³/mol. The summed E-state index contributed by atoms with van der Waals surface area (Å²) in [4.78, 5) is 0. The van der Waals surface area contributed by atoms with E-state index in [0.29, 0.717) is 5.92 Å². The number of nitrogens with one attached hydrogen (secondary N) is 1. The molecule has 0 aromatic carbocycles. The summed E-state index contributed by atoms with van der Waals surface area (Å²) in [5.41, 5.74) is 1.27. The third kappa shape index (κ3) is 3.59. The Bertz CT molecular complexity index is 240. The van der Waals surface area contributed by atoms with Gasteiger partial charge in [0.05, 0.1) is 6.20 Å². The van der Waals surface area contributed by atoms with Gasteiger partial charge in [0, 0.05) is 24.8 Å². The number of rotatable bonds is 5. The highest BCUT2D eigenvalue weighted by atomic mass is 15.3. The lowest BCUT2D eigenvalue weighted by atomic mass is 10.2. The third-order valence-electron chi connectivity index (χ3n) is 1.82. The fraction of sp³-hybridized carbons (Fsp3) is 0.700. The van der Waals surface area contributed by atoms with Gasteiger partial charge >= 0.3 is 0 Å². The molecule has 74 valence electrons. The molecule has 0 bridgehead atoms. The van der Waals surface area contributed by atoms with Crippen LogP contribution in [0.25, 0.3) is 0 Å². The lowest BCUT2D eigenvalue weighted by Crippen LogP contribution is -2.11. The van der Waals surface area contributed by atoms with Crippen molar-refractivity contribution < 1.29 is 0 Å². The van der Waals surface area contributed by atoms with Crippen LogP contribution >= 0.6 is 0 Å². The summed E-state index contributed by atoms with van der Waals surface area (Å²) in [7, 11) is 0. The predicted octanol–water partition coefficient (Wildman–Crippen LogP) is 1.65. The van der Waals surface area contributed by atoms with Crippen molar-refractivity contribution in [3.05, 3.63) is 18.0 Å². The molecule has 0 aliphatic carbocycles. The molecule has 0 saturated carbocycles. The summed E-state index contributed by atoms with van der Waals surface area (Å²) in [6.45, 7) is 9.45. The van der Waals surface area contributed by atoms with Crippen molar-refractivity contribution in [3.8, 4) is 0 Å². The van der Waals surface area contributed by atoms with E-state index in [9.17, 15) is 0 Å². The van der Waals surface area contributed by atoms with E-state index in [2.05, 4.69) is 37.4 Å². The molecule has 0 fully saturated rings. The Hall–Kier alpha value is -0.830. The van der Waals surface area contributed by atoms with Gasteiger partial charge in [0.1, 0.15) is 0 Å². The average molecular weight is 181 g/mol. The highest BCUT2D eigenvalue weighted by Gasteiger charge is 1.99. The van der Waals surface area contributed by atoms with E-state index >= 15 is 0 Å². The van der Waals surface area contributed by atoms with Crippen molar-refractivity contribution in [1.29, 1.82) is 0 Å². The molecule has 1 aromatic heterocycles. The maximum Gasteiger partial charge on any atom is 0.0534 e. The van der Waals surface area contributed by atoms with Crippen LogP contribution in [-0.2, 0) is 13.1 Å². The average Bonchev–Trinajstić information content (AvgIpc) is 2.48. The zero-order chi connectivity index (χ0) is 9.68. The molecule has 0 unspecified atom stereocenters. The Labute approximate surface area is 80.1 Å². The molecule has 3 nitrogen and oxygen atoms in total. The third-order valence-corrected chi connectivity index (χ3v) is 1.82. The number of hydrogen-bond donors (Lipinski definition) is 1. The summed E-state index contributed by atoms with van der Waals surface area (Å²) in [5.74, 6) is 0.659. The van der Waals surface area contributed by atoms with E-state index < -0.39 is 0 Å². The Kier molecular flexibility index (Phi) is 3.96. The molecule has 0 aliphatic rings. The molecule has 0 atom stereocenters. The van der Waals surface area contributed by atoms with E-state index in [0.717, 1.165) is 19.6 Å². The second-order valence-electron chi connectivity index (χ2n) is 3.74. The van der Waals surface area contributed by atoms with Crippen LogP contribution in [0.15, 0.2) is 12.4 Å². The van der Waals surface area contributed by atoms with Crippen LogP contribution < -0.4 is 5.32 Å². The minimum absolute atomic E-state index is 0.659. The van der Waals surface area contributed by atoms with Crippen LogP contribution in [0.3, 0.4) is 0 Å². The van der Waals surface area contributed by atoms with Gasteiger partial charge in [0.15, 0.2) is 0 Å². The quantitative estimate of drug-likeness (QED) is 0.748. The molecule has 1 aromatic rings. The monoisotopic (exact) mass is 181 g/mol. The molecular weight excluding hydrogens is 162 g/mol. The van der Waals surface area contributed by atoms with Crippen molar-refractivity contribution >= 4 is 0 Å². The zero-order valence-corrected chi connectivity index (χ0v) is 8.75. The summed E-state index contributed by atoms with van der Waals surface area (Å²) < 4.78 is 2.01. The van der Waals surface area contributed by atoms with Crippen LogP contribution in [0, 0.1) is 5.92 Å². The lowest BCUT2D eigenvalue weighted by molar-refractivity contribution is 0.482. The fourth-order valence-electron chi connectivity index (χ4n) is 1.24. The molecule has 13 heavy (non-hydrogen) atoms. The number of aromatic nitrogens is 2. The van der Waals surface area contributed by atoms with Crippen LogP contribution in [0.2, 0.25) is 0 Å². The van der Waals surface area contributed by atoms with Gasteiger partial charge in [0.2, 0.25) is 0 Å². The van der Waals surface area contributed by atoms with E-state index in [-0.39, 0.29) is 0 Å². The summed E-state index contributed by atoms with van der Waals surface area (Å²) in [6, 6.07) is 0. The highest BCUT2D eigenvalue weighted by molar-refractivity contribution is 5.03. The summed E-state index contributed by atoms with van der Waals surface area (Å²) in [5, 5.41) is 7.56. The summed E-state index contributed by atoms with van der Waals surface area (Å²) in [6.07, 6.45) is 4.05. The van der Waals surface area contributed by atoms with Crippen molar-refractivity contribution in [1.82, 2.24) is 15.1 Å². The van der Waals surface area contributed by atoms with Crippen LogP contribution in [0.1, 0.15) is 26.3 Å². The molecule has 1 heterocycles. The standard InChI is InChI=1S/C10H19N3/c1-4-11-5-10-6-12-13(8-10)7-9(2)3/h6,8-9,11H,4-5,7H2,1-3H3. The smallest absolute Gasteiger partial charge is 0.0534 e. The van der Waals surface area contributed by atoms with Gasteiger partial charge in [0.25, 0.3) is 0 Å². The van der Waals surface area contributed by atoms with Gasteiger partial charge in [-0.25, -0.2) is 0 Å². The molecule has 0 radical (unpaired) electrons. The highest BCUT2D eigenvalue weighted by Crippen LogP contribution is 2.01. The molecule has 0 spiro atoms. The van der Waals surface area contributed by atoms with Gasteiger partial charge < -0.3 is 5.32 Å². The molecule has 3 heteroatoms. The number of hydrogen-bond acceptors (Lipinski definition) is 2. The molecule has 1 rings (SSSR count). The van der Waals surface area contributed by atoms with Crippen molar-refractivity contribution in [3.63, 3.8) is 0 Å². The van der Waals surface area contributed by atoms with E-state index in [1.807, 2.05) is 10.9 Å². The SMILES string of the molecule is CCNCc1cnn(CC(C)C)c1. The first-order valence-corrected chi connectivity index (χ1v) is 4.94. The maximum absolute atomic E-state index is 4.29. The van der Waals surface area contributed by atoms with Gasteiger partial charge in [-0.1, -0.05) is 20.8 Å². The van der Waals surface area contributed by atoms with Crippen LogP contribution in [0.5, 0.6) is 0 Å². The van der Waals surface area contributed by atoms with E-state index in [1.54, 1.807) is 0 Å². The summed E-state index contributed by atoms with van der Waals surface area (Å²) >= 11 is 0. The minimum Gasteiger partial charge on any atom is -0.313 e. The van der Waals surface area contributed by atoms with Crippen molar-refractivity contribution in [2.75, 3.05) is 6.54 Å². The van der Waals surface area contributed by atoms with E-state index in [1.165, 1.54) is 5.56 Å².